The fraction of sp³-hybridized carbons (Fsp3) is 0.235. The molecule has 0 spiro atoms. The summed E-state index contributed by atoms with van der Waals surface area (Å²) in [5.41, 5.74) is 2.08. The van der Waals surface area contributed by atoms with Gasteiger partial charge in [0.05, 0.1) is 12.0 Å². The van der Waals surface area contributed by atoms with Gasteiger partial charge >= 0.3 is 0 Å². The first-order valence-electron chi connectivity index (χ1n) is 7.73. The lowest BCUT2D eigenvalue weighted by atomic mass is 9.97. The summed E-state index contributed by atoms with van der Waals surface area (Å²) in [6.07, 6.45) is 1.63. The normalized spacial score (nSPS) is 11.4. The van der Waals surface area contributed by atoms with Gasteiger partial charge in [0.1, 0.15) is 11.6 Å². The molecule has 3 aromatic heterocycles. The molecule has 0 bridgehead atoms. The topological polar surface area (TPSA) is 97.1 Å². The number of nitriles is 1. The standard InChI is InChI=1S/C17H14N6O2/c1-4-24-15-10(8-18)11-9-6-5-7-19-14(9)25-16-12(11)13(20-15)21-17(22-16)23(2)3/h5-7H,4H2,1-3H3. The van der Waals surface area contributed by atoms with Crippen LogP contribution in [-0.4, -0.2) is 40.6 Å². The van der Waals surface area contributed by atoms with Gasteiger partial charge in [-0.1, -0.05) is 0 Å². The number of ether oxygens (including phenoxy) is 2. The lowest BCUT2D eigenvalue weighted by Crippen LogP contribution is -2.15. The van der Waals surface area contributed by atoms with Crippen LogP contribution in [0.3, 0.4) is 0 Å². The van der Waals surface area contributed by atoms with Crippen molar-refractivity contribution in [2.75, 3.05) is 25.6 Å². The van der Waals surface area contributed by atoms with Crippen LogP contribution in [0.4, 0.5) is 5.95 Å². The molecule has 1 aliphatic heterocycles. The molecular weight excluding hydrogens is 320 g/mol. The second-order valence-corrected chi connectivity index (χ2v) is 5.59. The van der Waals surface area contributed by atoms with E-state index in [9.17, 15) is 5.26 Å². The predicted molar refractivity (Wildman–Crippen MR) is 90.8 cm³/mol. The average molecular weight is 334 g/mol. The first kappa shape index (κ1) is 15.1. The van der Waals surface area contributed by atoms with Crippen LogP contribution >= 0.6 is 0 Å². The van der Waals surface area contributed by atoms with E-state index in [0.717, 1.165) is 0 Å². The van der Waals surface area contributed by atoms with Crippen LogP contribution in [0.15, 0.2) is 18.3 Å². The molecule has 0 saturated carbocycles. The van der Waals surface area contributed by atoms with Crippen molar-refractivity contribution in [3.8, 4) is 34.8 Å². The van der Waals surface area contributed by atoms with Crippen molar-refractivity contribution in [3.05, 3.63) is 23.9 Å². The smallest absolute Gasteiger partial charge is 0.236 e. The molecule has 0 N–H and O–H groups in total. The first-order valence-corrected chi connectivity index (χ1v) is 7.73. The first-order chi connectivity index (χ1) is 12.1. The Morgan fingerprint density at radius 2 is 2.08 bits per heavy atom. The molecule has 3 aromatic rings. The summed E-state index contributed by atoms with van der Waals surface area (Å²) in [7, 11) is 3.66. The molecule has 0 amide bonds. The van der Waals surface area contributed by atoms with E-state index in [0.29, 0.717) is 52.0 Å². The van der Waals surface area contributed by atoms with Crippen molar-refractivity contribution in [1.82, 2.24) is 19.9 Å². The molecular formula is C17H14N6O2. The zero-order valence-corrected chi connectivity index (χ0v) is 13.9. The van der Waals surface area contributed by atoms with E-state index in [-0.39, 0.29) is 5.88 Å². The lowest BCUT2D eigenvalue weighted by molar-refractivity contribution is 0.327. The Kier molecular flexibility index (Phi) is 3.35. The Morgan fingerprint density at radius 1 is 1.24 bits per heavy atom. The number of hydrogen-bond acceptors (Lipinski definition) is 8. The SMILES string of the molecule is CCOc1nc2nc(N(C)C)nc3c2c(c1C#N)-c1cccnc1O3. The van der Waals surface area contributed by atoms with E-state index < -0.39 is 0 Å². The maximum absolute atomic E-state index is 9.72. The second-order valence-electron chi connectivity index (χ2n) is 5.59. The van der Waals surface area contributed by atoms with Gasteiger partial charge in [0.25, 0.3) is 0 Å². The third-order valence-corrected chi connectivity index (χ3v) is 3.79. The van der Waals surface area contributed by atoms with Crippen molar-refractivity contribution in [3.63, 3.8) is 0 Å². The highest BCUT2D eigenvalue weighted by molar-refractivity contribution is 6.03. The quantitative estimate of drug-likeness (QED) is 0.564. The zero-order valence-electron chi connectivity index (χ0n) is 13.9. The molecule has 25 heavy (non-hydrogen) atoms. The van der Waals surface area contributed by atoms with E-state index in [1.54, 1.807) is 17.2 Å². The molecule has 8 heteroatoms. The van der Waals surface area contributed by atoms with Crippen LogP contribution in [0, 0.1) is 11.3 Å². The number of nitrogens with zero attached hydrogens (tertiary/aromatic N) is 6. The van der Waals surface area contributed by atoms with Crippen molar-refractivity contribution >= 4 is 17.0 Å². The van der Waals surface area contributed by atoms with Gasteiger partial charge in [-0.3, -0.25) is 0 Å². The molecule has 0 fully saturated rings. The largest absolute Gasteiger partial charge is 0.477 e. The fourth-order valence-corrected chi connectivity index (χ4v) is 2.74. The summed E-state index contributed by atoms with van der Waals surface area (Å²) in [5, 5.41) is 10.3. The van der Waals surface area contributed by atoms with E-state index in [2.05, 4.69) is 26.0 Å². The maximum atomic E-state index is 9.72. The maximum Gasteiger partial charge on any atom is 0.236 e. The van der Waals surface area contributed by atoms with Gasteiger partial charge in [-0.15, -0.1) is 0 Å². The molecule has 0 atom stereocenters. The molecule has 0 saturated heterocycles. The summed E-state index contributed by atoms with van der Waals surface area (Å²) in [5.74, 6) is 1.43. The van der Waals surface area contributed by atoms with Gasteiger partial charge in [-0.2, -0.15) is 20.2 Å². The molecule has 124 valence electrons. The van der Waals surface area contributed by atoms with Crippen LogP contribution in [0.2, 0.25) is 0 Å². The van der Waals surface area contributed by atoms with Crippen molar-refractivity contribution in [2.24, 2.45) is 0 Å². The molecule has 4 rings (SSSR count). The monoisotopic (exact) mass is 334 g/mol. The zero-order chi connectivity index (χ0) is 17.6. The van der Waals surface area contributed by atoms with E-state index in [1.807, 2.05) is 27.1 Å². The third kappa shape index (κ3) is 2.21. The van der Waals surface area contributed by atoms with Gasteiger partial charge in [-0.25, -0.2) is 4.98 Å². The van der Waals surface area contributed by atoms with Gasteiger partial charge in [0.2, 0.25) is 23.6 Å². The summed E-state index contributed by atoms with van der Waals surface area (Å²) in [6.45, 7) is 2.23. The summed E-state index contributed by atoms with van der Waals surface area (Å²) in [6, 6.07) is 5.83. The Morgan fingerprint density at radius 3 is 2.80 bits per heavy atom. The highest BCUT2D eigenvalue weighted by Crippen LogP contribution is 2.47. The van der Waals surface area contributed by atoms with Crippen LogP contribution in [0.25, 0.3) is 22.2 Å². The van der Waals surface area contributed by atoms with Gasteiger partial charge in [0, 0.05) is 31.4 Å². The fourth-order valence-electron chi connectivity index (χ4n) is 2.74. The second kappa shape index (κ2) is 5.56. The number of aromatic nitrogens is 4. The van der Waals surface area contributed by atoms with Crippen LogP contribution in [0.1, 0.15) is 12.5 Å². The van der Waals surface area contributed by atoms with E-state index >= 15 is 0 Å². The van der Waals surface area contributed by atoms with E-state index in [4.69, 9.17) is 9.47 Å². The third-order valence-electron chi connectivity index (χ3n) is 3.79. The molecule has 0 radical (unpaired) electrons. The van der Waals surface area contributed by atoms with Gasteiger partial charge in [-0.05, 0) is 19.1 Å². The number of fused-ring (bicyclic) bond motifs is 2. The predicted octanol–water partition coefficient (Wildman–Crippen LogP) is 2.53. The van der Waals surface area contributed by atoms with Crippen LogP contribution < -0.4 is 14.4 Å². The lowest BCUT2D eigenvalue weighted by Gasteiger charge is -2.22. The number of hydrogen-bond donors (Lipinski definition) is 0. The minimum absolute atomic E-state index is 0.249. The summed E-state index contributed by atoms with van der Waals surface area (Å²) >= 11 is 0. The number of rotatable bonds is 3. The molecule has 0 unspecified atom stereocenters. The molecule has 1 aliphatic rings. The number of pyridine rings is 2. The Balaban J connectivity index is 2.17. The highest BCUT2D eigenvalue weighted by Gasteiger charge is 2.30. The molecule has 4 heterocycles. The molecule has 8 nitrogen and oxygen atoms in total. The average Bonchev–Trinajstić information content (AvgIpc) is 2.61. The molecule has 0 aromatic carbocycles. The van der Waals surface area contributed by atoms with Crippen molar-refractivity contribution in [2.45, 2.75) is 6.92 Å². The van der Waals surface area contributed by atoms with Gasteiger partial charge < -0.3 is 14.4 Å². The molecule has 0 aliphatic carbocycles. The highest BCUT2D eigenvalue weighted by atomic mass is 16.5. The summed E-state index contributed by atoms with van der Waals surface area (Å²) < 4.78 is 11.4. The Hall–Kier alpha value is -3.47. The summed E-state index contributed by atoms with van der Waals surface area (Å²) in [4.78, 5) is 19.4. The Labute approximate surface area is 143 Å². The van der Waals surface area contributed by atoms with E-state index in [1.165, 1.54) is 0 Å². The van der Waals surface area contributed by atoms with Crippen molar-refractivity contribution in [1.29, 1.82) is 5.26 Å². The van der Waals surface area contributed by atoms with Crippen LogP contribution in [0.5, 0.6) is 17.6 Å². The minimum atomic E-state index is 0.249. The Bertz CT molecular complexity index is 1040. The van der Waals surface area contributed by atoms with Crippen LogP contribution in [-0.2, 0) is 0 Å². The number of anilines is 1. The van der Waals surface area contributed by atoms with Crippen molar-refractivity contribution < 1.29 is 9.47 Å². The minimum Gasteiger partial charge on any atom is -0.477 e. The van der Waals surface area contributed by atoms with Gasteiger partial charge in [0.15, 0.2) is 5.65 Å².